The molecular formula is C19H12BrN3O. The van der Waals surface area contributed by atoms with Crippen LogP contribution >= 0.6 is 15.9 Å². The fourth-order valence-electron chi connectivity index (χ4n) is 2.94. The van der Waals surface area contributed by atoms with Gasteiger partial charge < -0.3 is 5.21 Å². The third kappa shape index (κ3) is 2.25. The van der Waals surface area contributed by atoms with E-state index in [1.54, 1.807) is 6.08 Å². The van der Waals surface area contributed by atoms with Gasteiger partial charge in [0.25, 0.3) is 0 Å². The number of nitrogens with zero attached hydrogens (tertiary/aromatic N) is 2. The summed E-state index contributed by atoms with van der Waals surface area (Å²) in [5.41, 5.74) is 4.66. The van der Waals surface area contributed by atoms with Gasteiger partial charge in [-0.15, -0.1) is 0 Å². The van der Waals surface area contributed by atoms with E-state index in [1.165, 1.54) is 0 Å². The first-order valence-corrected chi connectivity index (χ1v) is 8.16. The number of rotatable bonds is 1. The van der Waals surface area contributed by atoms with Gasteiger partial charge in [-0.05, 0) is 30.4 Å². The fourth-order valence-corrected chi connectivity index (χ4v) is 3.21. The molecule has 0 fully saturated rings. The largest absolute Gasteiger partial charge is 0.410 e. The van der Waals surface area contributed by atoms with E-state index in [-0.39, 0.29) is 11.4 Å². The van der Waals surface area contributed by atoms with Crippen LogP contribution in [0.1, 0.15) is 11.1 Å². The van der Waals surface area contributed by atoms with Crippen LogP contribution in [0.3, 0.4) is 0 Å². The molecule has 0 spiro atoms. The molecule has 0 aliphatic heterocycles. The van der Waals surface area contributed by atoms with Crippen LogP contribution < -0.4 is 0 Å². The summed E-state index contributed by atoms with van der Waals surface area (Å²) in [6.07, 6.45) is 3.50. The molecule has 0 atom stereocenters. The van der Waals surface area contributed by atoms with E-state index in [9.17, 15) is 0 Å². The van der Waals surface area contributed by atoms with Gasteiger partial charge in [-0.25, -0.2) is 4.98 Å². The molecule has 0 bridgehead atoms. The van der Waals surface area contributed by atoms with Crippen LogP contribution in [0.2, 0.25) is 0 Å². The van der Waals surface area contributed by atoms with E-state index in [1.807, 2.05) is 54.6 Å². The van der Waals surface area contributed by atoms with Crippen LogP contribution in [0.4, 0.5) is 0 Å². The average molecular weight is 378 g/mol. The van der Waals surface area contributed by atoms with E-state index in [4.69, 9.17) is 15.6 Å². The molecule has 1 aliphatic rings. The van der Waals surface area contributed by atoms with E-state index < -0.39 is 0 Å². The number of benzene rings is 2. The number of fused-ring (bicyclic) bond motifs is 3. The van der Waals surface area contributed by atoms with Crippen molar-refractivity contribution in [3.63, 3.8) is 0 Å². The Balaban J connectivity index is 2.10. The van der Waals surface area contributed by atoms with Crippen LogP contribution in [0.15, 0.2) is 64.2 Å². The highest BCUT2D eigenvalue weighted by atomic mass is 79.9. The third-order valence-corrected chi connectivity index (χ3v) is 4.60. The molecular weight excluding hydrogens is 366 g/mol. The van der Waals surface area contributed by atoms with Gasteiger partial charge in [-0.3, -0.25) is 5.41 Å². The number of halogens is 1. The molecule has 116 valence electrons. The first-order chi connectivity index (χ1) is 11.7. The number of pyridine rings is 1. The first kappa shape index (κ1) is 14.8. The molecule has 4 rings (SSSR count). The summed E-state index contributed by atoms with van der Waals surface area (Å²) in [6.45, 7) is 0. The lowest BCUT2D eigenvalue weighted by Crippen LogP contribution is -2.18. The van der Waals surface area contributed by atoms with Crippen LogP contribution in [0.5, 0.6) is 0 Å². The summed E-state index contributed by atoms with van der Waals surface area (Å²) in [6, 6.07) is 15.6. The Hall–Kier alpha value is -2.79. The van der Waals surface area contributed by atoms with Crippen molar-refractivity contribution in [1.82, 2.24) is 4.98 Å². The molecule has 5 heteroatoms. The first-order valence-electron chi connectivity index (χ1n) is 7.37. The van der Waals surface area contributed by atoms with Crippen molar-refractivity contribution in [3.8, 4) is 11.3 Å². The van der Waals surface area contributed by atoms with Gasteiger partial charge in [-0.2, -0.15) is 0 Å². The van der Waals surface area contributed by atoms with Crippen molar-refractivity contribution in [3.05, 3.63) is 70.2 Å². The lowest BCUT2D eigenvalue weighted by Gasteiger charge is -2.18. The molecule has 1 aromatic heterocycles. The standard InChI is InChI=1S/C19H12BrN3O/c20-12-7-5-11(6-8-12)19-14-9-10-16(23-24)18(21)17(14)13-3-1-2-4-15(13)22-19/h1-10,21,24H/b21-18?,23-16-. The lowest BCUT2D eigenvalue weighted by atomic mass is 9.88. The topological polar surface area (TPSA) is 69.3 Å². The zero-order valence-corrected chi connectivity index (χ0v) is 14.1. The smallest absolute Gasteiger partial charge is 0.128 e. The predicted octanol–water partition coefficient (Wildman–Crippen LogP) is 4.89. The second-order valence-electron chi connectivity index (χ2n) is 5.47. The molecule has 0 saturated carbocycles. The Morgan fingerprint density at radius 1 is 1.00 bits per heavy atom. The molecule has 0 radical (unpaired) electrons. The summed E-state index contributed by atoms with van der Waals surface area (Å²) < 4.78 is 0.999. The monoisotopic (exact) mass is 377 g/mol. The highest BCUT2D eigenvalue weighted by molar-refractivity contribution is 9.10. The van der Waals surface area contributed by atoms with Gasteiger partial charge in [0.05, 0.1) is 16.9 Å². The van der Waals surface area contributed by atoms with Gasteiger partial charge in [0.1, 0.15) is 5.71 Å². The van der Waals surface area contributed by atoms with Crippen molar-refractivity contribution in [2.45, 2.75) is 0 Å². The number of aromatic nitrogens is 1. The highest BCUT2D eigenvalue weighted by Crippen LogP contribution is 2.34. The SMILES string of the molecule is N=C1/C(=N\O)C=Cc2c(-c3ccc(Br)cc3)nc3ccccc3c21. The third-order valence-electron chi connectivity index (χ3n) is 4.07. The van der Waals surface area contributed by atoms with Crippen molar-refractivity contribution in [2.75, 3.05) is 0 Å². The number of oxime groups is 1. The molecule has 4 nitrogen and oxygen atoms in total. The minimum atomic E-state index is 0.201. The molecule has 3 aromatic rings. The second kappa shape index (κ2) is 5.69. The number of hydrogen-bond donors (Lipinski definition) is 2. The summed E-state index contributed by atoms with van der Waals surface area (Å²) in [4.78, 5) is 4.81. The van der Waals surface area contributed by atoms with Gasteiger partial charge in [-0.1, -0.05) is 51.4 Å². The van der Waals surface area contributed by atoms with Crippen LogP contribution in [-0.2, 0) is 0 Å². The number of para-hydroxylation sites is 1. The lowest BCUT2D eigenvalue weighted by molar-refractivity contribution is 0.320. The summed E-state index contributed by atoms with van der Waals surface area (Å²) >= 11 is 3.45. The predicted molar refractivity (Wildman–Crippen MR) is 100.0 cm³/mol. The molecule has 1 aliphatic carbocycles. The molecule has 24 heavy (non-hydrogen) atoms. The van der Waals surface area contributed by atoms with Crippen molar-refractivity contribution in [1.29, 1.82) is 5.41 Å². The van der Waals surface area contributed by atoms with Gasteiger partial charge in [0.2, 0.25) is 0 Å². The quantitative estimate of drug-likeness (QED) is 0.468. The van der Waals surface area contributed by atoms with Crippen molar-refractivity contribution in [2.24, 2.45) is 5.16 Å². The van der Waals surface area contributed by atoms with Crippen LogP contribution in [0, 0.1) is 5.41 Å². The van der Waals surface area contributed by atoms with Crippen molar-refractivity contribution >= 4 is 44.3 Å². The van der Waals surface area contributed by atoms with Gasteiger partial charge in [0, 0.05) is 26.5 Å². The maximum absolute atomic E-state index is 9.15. The van der Waals surface area contributed by atoms with Crippen LogP contribution in [-0.4, -0.2) is 21.6 Å². The minimum absolute atomic E-state index is 0.201. The molecule has 0 saturated heterocycles. The normalized spacial score (nSPS) is 15.0. The zero-order valence-electron chi connectivity index (χ0n) is 12.5. The zero-order chi connectivity index (χ0) is 16.7. The van der Waals surface area contributed by atoms with Gasteiger partial charge in [0.15, 0.2) is 0 Å². The molecule has 0 unspecified atom stereocenters. The van der Waals surface area contributed by atoms with E-state index in [0.717, 1.165) is 37.8 Å². The maximum Gasteiger partial charge on any atom is 0.128 e. The average Bonchev–Trinajstić information content (AvgIpc) is 2.62. The molecule has 2 N–H and O–H groups in total. The fraction of sp³-hybridized carbons (Fsp3) is 0. The summed E-state index contributed by atoms with van der Waals surface area (Å²) in [7, 11) is 0. The van der Waals surface area contributed by atoms with E-state index >= 15 is 0 Å². The van der Waals surface area contributed by atoms with E-state index in [2.05, 4.69) is 21.1 Å². The Labute approximate surface area is 146 Å². The highest BCUT2D eigenvalue weighted by Gasteiger charge is 2.23. The molecule has 0 amide bonds. The molecule has 1 heterocycles. The van der Waals surface area contributed by atoms with E-state index in [0.29, 0.717) is 0 Å². The molecule has 2 aromatic carbocycles. The number of hydrogen-bond acceptors (Lipinski definition) is 4. The Kier molecular flexibility index (Phi) is 3.50. The summed E-state index contributed by atoms with van der Waals surface area (Å²) in [5, 5.41) is 21.7. The Morgan fingerprint density at radius 3 is 2.50 bits per heavy atom. The van der Waals surface area contributed by atoms with Gasteiger partial charge >= 0.3 is 0 Å². The minimum Gasteiger partial charge on any atom is -0.410 e. The van der Waals surface area contributed by atoms with Crippen LogP contribution in [0.25, 0.3) is 28.2 Å². The number of nitrogens with one attached hydrogen (secondary N) is 1. The Morgan fingerprint density at radius 2 is 1.75 bits per heavy atom. The maximum atomic E-state index is 9.15. The number of allylic oxidation sites excluding steroid dienone is 1. The van der Waals surface area contributed by atoms with Crippen molar-refractivity contribution < 1.29 is 5.21 Å². The Bertz CT molecular complexity index is 1040. The second-order valence-corrected chi connectivity index (χ2v) is 6.38. The summed E-state index contributed by atoms with van der Waals surface area (Å²) in [5.74, 6) is 0.